The van der Waals surface area contributed by atoms with Gasteiger partial charge >= 0.3 is 0 Å². The van der Waals surface area contributed by atoms with Gasteiger partial charge in [0.25, 0.3) is 0 Å². The Morgan fingerprint density at radius 1 is 0.972 bits per heavy atom. The van der Waals surface area contributed by atoms with Gasteiger partial charge < -0.3 is 24.6 Å². The topological polar surface area (TPSA) is 79.2 Å². The Hall–Kier alpha value is -3.03. The molecule has 3 aromatic carbocycles. The van der Waals surface area contributed by atoms with Gasteiger partial charge in [0.05, 0.1) is 25.4 Å². The van der Waals surface area contributed by atoms with Crippen molar-refractivity contribution in [3.8, 4) is 5.75 Å². The van der Waals surface area contributed by atoms with Gasteiger partial charge in [-0.05, 0) is 36.1 Å². The monoisotopic (exact) mass is 489 g/mol. The molecule has 2 N–H and O–H groups in total. The summed E-state index contributed by atoms with van der Waals surface area (Å²) in [5, 5.41) is 21.8. The van der Waals surface area contributed by atoms with E-state index in [1.54, 1.807) is 19.2 Å². The van der Waals surface area contributed by atoms with Crippen LogP contribution in [0.4, 0.5) is 0 Å². The summed E-state index contributed by atoms with van der Waals surface area (Å²) in [6, 6.07) is 26.4. The van der Waals surface area contributed by atoms with Gasteiger partial charge in [0.1, 0.15) is 11.9 Å². The molecule has 0 aromatic heterocycles. The van der Waals surface area contributed by atoms with Crippen LogP contribution in [0.25, 0.3) is 0 Å². The molecule has 190 valence electrons. The number of rotatable bonds is 11. The average Bonchev–Trinajstić information content (AvgIpc) is 2.93. The van der Waals surface area contributed by atoms with E-state index in [0.717, 1.165) is 16.9 Å². The largest absolute Gasteiger partial charge is 0.497 e. The van der Waals surface area contributed by atoms with Crippen LogP contribution in [0.5, 0.6) is 5.75 Å². The zero-order valence-corrected chi connectivity index (χ0v) is 20.8. The summed E-state index contributed by atoms with van der Waals surface area (Å²) in [7, 11) is 1.61. The Morgan fingerprint density at radius 3 is 2.31 bits per heavy atom. The smallest absolute Gasteiger partial charge is 0.191 e. The molecule has 3 aromatic rings. The molecule has 0 amide bonds. The van der Waals surface area contributed by atoms with Crippen molar-refractivity contribution in [2.24, 2.45) is 0 Å². The van der Waals surface area contributed by atoms with E-state index in [0.29, 0.717) is 44.5 Å². The fourth-order valence-electron chi connectivity index (χ4n) is 4.75. The predicted octanol–water partition coefficient (Wildman–Crippen LogP) is 3.85. The first-order chi connectivity index (χ1) is 17.5. The Bertz CT molecular complexity index is 1100. The zero-order valence-electron chi connectivity index (χ0n) is 20.8. The third-order valence-corrected chi connectivity index (χ3v) is 6.86. The van der Waals surface area contributed by atoms with E-state index < -0.39 is 17.8 Å². The predicted molar refractivity (Wildman–Crippen MR) is 139 cm³/mol. The van der Waals surface area contributed by atoms with Crippen molar-refractivity contribution < 1.29 is 24.5 Å². The molecule has 4 rings (SSSR count). The minimum atomic E-state index is -0.830. The van der Waals surface area contributed by atoms with Crippen molar-refractivity contribution in [3.05, 3.63) is 102 Å². The van der Waals surface area contributed by atoms with Crippen molar-refractivity contribution >= 4 is 5.78 Å². The summed E-state index contributed by atoms with van der Waals surface area (Å²) in [6.07, 6.45) is 0.124. The number of ether oxygens (including phenoxy) is 2. The first-order valence-corrected chi connectivity index (χ1v) is 12.5. The number of hydrogen-bond acceptors (Lipinski definition) is 6. The number of Topliss-reactive ketones (excluding diaryl/α,β-unsaturated/α-hetero) is 1. The molecule has 2 unspecified atom stereocenters. The fraction of sp³-hybridized carbons (Fsp3) is 0.367. The number of ketones is 1. The molecule has 36 heavy (non-hydrogen) atoms. The lowest BCUT2D eigenvalue weighted by atomic mass is 9.84. The summed E-state index contributed by atoms with van der Waals surface area (Å²) in [5.74, 6) is 0.607. The third-order valence-electron chi connectivity index (χ3n) is 6.86. The first-order valence-electron chi connectivity index (χ1n) is 12.5. The van der Waals surface area contributed by atoms with Crippen LogP contribution in [0.15, 0.2) is 84.9 Å². The standard InChI is InChI=1S/C30H35NO5/c1-35-27-14-8-9-23(19-27)20-28(29(33)24-10-4-2-5-11-24)36-22-26(32)21-31-17-15-30(34,16-18-31)25-12-6-3-7-13-25/h2-14,19,26,28,32,34H,15-18,20-22H2,1H3. The summed E-state index contributed by atoms with van der Waals surface area (Å²) < 4.78 is 11.4. The number of aliphatic hydroxyl groups is 2. The number of likely N-dealkylation sites (tertiary alicyclic amines) is 1. The van der Waals surface area contributed by atoms with Crippen LogP contribution in [0.2, 0.25) is 0 Å². The minimum absolute atomic E-state index is 0.0483. The first kappa shape index (κ1) is 26.0. The number of methoxy groups -OCH3 is 1. The second-order valence-electron chi connectivity index (χ2n) is 9.46. The van der Waals surface area contributed by atoms with Gasteiger partial charge in [0.15, 0.2) is 5.78 Å². The van der Waals surface area contributed by atoms with Crippen LogP contribution in [0, 0.1) is 0 Å². The van der Waals surface area contributed by atoms with E-state index in [-0.39, 0.29) is 12.4 Å². The number of carbonyl (C=O) groups excluding carboxylic acids is 1. The average molecular weight is 490 g/mol. The van der Waals surface area contributed by atoms with E-state index in [2.05, 4.69) is 4.90 Å². The number of piperidine rings is 1. The molecular weight excluding hydrogens is 454 g/mol. The van der Waals surface area contributed by atoms with Crippen LogP contribution in [-0.2, 0) is 16.8 Å². The lowest BCUT2D eigenvalue weighted by Crippen LogP contribution is -2.46. The summed E-state index contributed by atoms with van der Waals surface area (Å²) >= 11 is 0. The molecule has 0 radical (unpaired) electrons. The summed E-state index contributed by atoms with van der Waals surface area (Å²) in [4.78, 5) is 15.4. The Labute approximate surface area is 213 Å². The number of nitrogens with zero attached hydrogens (tertiary/aromatic N) is 1. The van der Waals surface area contributed by atoms with Gasteiger partial charge in [-0.2, -0.15) is 0 Å². The molecule has 2 atom stereocenters. The number of carbonyl (C=O) groups is 1. The van der Waals surface area contributed by atoms with Crippen LogP contribution in [0.3, 0.4) is 0 Å². The molecule has 0 spiro atoms. The van der Waals surface area contributed by atoms with Crippen molar-refractivity contribution in [3.63, 3.8) is 0 Å². The van der Waals surface area contributed by atoms with Gasteiger partial charge in [-0.1, -0.05) is 72.8 Å². The maximum Gasteiger partial charge on any atom is 0.191 e. The third kappa shape index (κ3) is 6.80. The maximum absolute atomic E-state index is 13.2. The fourth-order valence-corrected chi connectivity index (χ4v) is 4.75. The highest BCUT2D eigenvalue weighted by molar-refractivity contribution is 5.99. The van der Waals surface area contributed by atoms with Gasteiger partial charge in [-0.25, -0.2) is 0 Å². The Balaban J connectivity index is 1.34. The quantitative estimate of drug-likeness (QED) is 0.399. The molecule has 0 saturated carbocycles. The molecule has 1 aliphatic heterocycles. The highest BCUT2D eigenvalue weighted by atomic mass is 16.5. The number of β-amino-alcohol motifs (C(OH)–C–C–N with tert-alkyl or cyclic N) is 1. The van der Waals surface area contributed by atoms with E-state index in [1.807, 2.05) is 72.8 Å². The van der Waals surface area contributed by atoms with Crippen LogP contribution in [-0.4, -0.2) is 66.5 Å². The second-order valence-corrected chi connectivity index (χ2v) is 9.46. The van der Waals surface area contributed by atoms with Crippen LogP contribution >= 0.6 is 0 Å². The van der Waals surface area contributed by atoms with Crippen molar-refractivity contribution in [1.82, 2.24) is 4.90 Å². The molecular formula is C30H35NO5. The van der Waals surface area contributed by atoms with Gasteiger partial charge in [0, 0.05) is 31.6 Å². The number of benzene rings is 3. The van der Waals surface area contributed by atoms with Crippen molar-refractivity contribution in [1.29, 1.82) is 0 Å². The maximum atomic E-state index is 13.2. The van der Waals surface area contributed by atoms with Crippen molar-refractivity contribution in [2.45, 2.75) is 37.1 Å². The van der Waals surface area contributed by atoms with Gasteiger partial charge in [0.2, 0.25) is 0 Å². The molecule has 1 saturated heterocycles. The normalized spacial score (nSPS) is 17.3. The summed E-state index contributed by atoms with van der Waals surface area (Å²) in [6.45, 7) is 1.83. The van der Waals surface area contributed by atoms with E-state index in [4.69, 9.17) is 9.47 Å². The van der Waals surface area contributed by atoms with E-state index >= 15 is 0 Å². The number of hydrogen-bond donors (Lipinski definition) is 2. The molecule has 6 nitrogen and oxygen atoms in total. The van der Waals surface area contributed by atoms with Crippen molar-refractivity contribution in [2.75, 3.05) is 33.4 Å². The Morgan fingerprint density at radius 2 is 1.64 bits per heavy atom. The molecule has 0 aliphatic carbocycles. The minimum Gasteiger partial charge on any atom is -0.497 e. The van der Waals surface area contributed by atoms with E-state index in [1.165, 1.54) is 0 Å². The summed E-state index contributed by atoms with van der Waals surface area (Å²) in [5.41, 5.74) is 1.61. The van der Waals surface area contributed by atoms with Gasteiger partial charge in [-0.3, -0.25) is 4.79 Å². The second kappa shape index (κ2) is 12.3. The molecule has 1 fully saturated rings. The highest BCUT2D eigenvalue weighted by Crippen LogP contribution is 2.32. The van der Waals surface area contributed by atoms with Crippen LogP contribution < -0.4 is 4.74 Å². The zero-order chi connectivity index (χ0) is 25.4. The highest BCUT2D eigenvalue weighted by Gasteiger charge is 2.34. The molecule has 6 heteroatoms. The van der Waals surface area contributed by atoms with E-state index in [9.17, 15) is 15.0 Å². The number of aliphatic hydroxyl groups excluding tert-OH is 1. The lowest BCUT2D eigenvalue weighted by Gasteiger charge is -2.39. The molecule has 1 heterocycles. The van der Waals surface area contributed by atoms with Crippen LogP contribution in [0.1, 0.15) is 34.3 Å². The molecule has 1 aliphatic rings. The SMILES string of the molecule is COc1cccc(CC(OCC(O)CN2CCC(O)(c3ccccc3)CC2)C(=O)c2ccccc2)c1. The lowest BCUT2D eigenvalue weighted by molar-refractivity contribution is -0.0483. The molecule has 0 bridgehead atoms. The Kier molecular flexibility index (Phi) is 8.88. The van der Waals surface area contributed by atoms with Gasteiger partial charge in [-0.15, -0.1) is 0 Å².